The van der Waals surface area contributed by atoms with Gasteiger partial charge in [-0.05, 0) is 12.5 Å². The first-order valence-corrected chi connectivity index (χ1v) is 8.59. The molecule has 4 nitrogen and oxygen atoms in total. The Bertz CT molecular complexity index is 505. The summed E-state index contributed by atoms with van der Waals surface area (Å²) in [6.45, 7) is 0. The summed E-state index contributed by atoms with van der Waals surface area (Å²) < 4.78 is 33.9. The van der Waals surface area contributed by atoms with E-state index in [1.165, 1.54) is 0 Å². The zero-order chi connectivity index (χ0) is 13.2. The predicted molar refractivity (Wildman–Crippen MR) is 73.3 cm³/mol. The van der Waals surface area contributed by atoms with Gasteiger partial charge in [-0.1, -0.05) is 28.1 Å². The van der Waals surface area contributed by atoms with Gasteiger partial charge in [0.2, 0.25) is 0 Å². The summed E-state index contributed by atoms with van der Waals surface area (Å²) in [4.78, 5) is 0. The number of halogens is 1. The molecule has 1 aliphatic heterocycles. The number of alkyl halides is 1. The van der Waals surface area contributed by atoms with Gasteiger partial charge in [0.15, 0.2) is 21.3 Å². The van der Waals surface area contributed by atoms with E-state index in [-0.39, 0.29) is 17.6 Å². The third-order valence-electron chi connectivity index (χ3n) is 2.90. The van der Waals surface area contributed by atoms with E-state index in [0.29, 0.717) is 23.2 Å². The molecule has 0 aliphatic carbocycles. The first-order valence-electron chi connectivity index (χ1n) is 5.64. The second-order valence-corrected chi connectivity index (χ2v) is 7.01. The molecule has 0 saturated carbocycles. The first-order chi connectivity index (χ1) is 8.55. The Labute approximate surface area is 115 Å². The molecular weight excluding hydrogens is 320 g/mol. The van der Waals surface area contributed by atoms with Crippen LogP contribution in [0.15, 0.2) is 18.2 Å². The maximum absolute atomic E-state index is 11.4. The van der Waals surface area contributed by atoms with Crippen LogP contribution in [0, 0.1) is 0 Å². The Hall–Kier alpha value is -0.750. The normalized spacial score (nSPS) is 21.8. The van der Waals surface area contributed by atoms with Gasteiger partial charge in [-0.25, -0.2) is 8.42 Å². The van der Waals surface area contributed by atoms with Crippen LogP contribution in [-0.2, 0) is 15.2 Å². The van der Waals surface area contributed by atoms with E-state index in [4.69, 9.17) is 9.47 Å². The van der Waals surface area contributed by atoms with Crippen LogP contribution in [0.5, 0.6) is 11.5 Å². The van der Waals surface area contributed by atoms with Gasteiger partial charge in [0.25, 0.3) is 0 Å². The molecule has 6 heteroatoms. The molecule has 0 aromatic heterocycles. The monoisotopic (exact) mass is 334 g/mol. The SMILES string of the molecule is COc1cccc(CBr)c1OC1CCS(=O)(=O)C1. The number of ether oxygens (including phenoxy) is 2. The minimum Gasteiger partial charge on any atom is -0.493 e. The van der Waals surface area contributed by atoms with E-state index in [1.807, 2.05) is 18.2 Å². The molecule has 1 aromatic rings. The maximum atomic E-state index is 11.4. The van der Waals surface area contributed by atoms with Crippen molar-refractivity contribution in [3.05, 3.63) is 23.8 Å². The fourth-order valence-electron chi connectivity index (χ4n) is 1.98. The first kappa shape index (κ1) is 13.7. The number of hydrogen-bond acceptors (Lipinski definition) is 4. The van der Waals surface area contributed by atoms with Gasteiger partial charge in [0.05, 0.1) is 18.6 Å². The molecule has 1 saturated heterocycles. The fourth-order valence-corrected chi connectivity index (χ4v) is 4.01. The van der Waals surface area contributed by atoms with Gasteiger partial charge in [-0.3, -0.25) is 0 Å². The molecule has 1 heterocycles. The molecule has 18 heavy (non-hydrogen) atoms. The van der Waals surface area contributed by atoms with Crippen molar-refractivity contribution in [2.75, 3.05) is 18.6 Å². The third-order valence-corrected chi connectivity index (χ3v) is 5.24. The molecule has 0 radical (unpaired) electrons. The van der Waals surface area contributed by atoms with E-state index in [1.54, 1.807) is 7.11 Å². The summed E-state index contributed by atoms with van der Waals surface area (Å²) in [6, 6.07) is 5.62. The molecule has 0 bridgehead atoms. The van der Waals surface area contributed by atoms with Crippen molar-refractivity contribution in [3.8, 4) is 11.5 Å². The van der Waals surface area contributed by atoms with Gasteiger partial charge in [-0.15, -0.1) is 0 Å². The fraction of sp³-hybridized carbons (Fsp3) is 0.500. The maximum Gasteiger partial charge on any atom is 0.165 e. The highest BCUT2D eigenvalue weighted by Gasteiger charge is 2.30. The summed E-state index contributed by atoms with van der Waals surface area (Å²) >= 11 is 3.39. The number of sulfone groups is 1. The molecule has 2 rings (SSSR count). The largest absolute Gasteiger partial charge is 0.493 e. The zero-order valence-electron chi connectivity index (χ0n) is 10.1. The van der Waals surface area contributed by atoms with Crippen LogP contribution in [-0.4, -0.2) is 33.1 Å². The summed E-state index contributed by atoms with van der Waals surface area (Å²) in [5, 5.41) is 0.638. The predicted octanol–water partition coefficient (Wildman–Crippen LogP) is 2.16. The van der Waals surface area contributed by atoms with Gasteiger partial charge in [0, 0.05) is 10.9 Å². The molecule has 1 aromatic carbocycles. The van der Waals surface area contributed by atoms with Crippen molar-refractivity contribution >= 4 is 25.8 Å². The summed E-state index contributed by atoms with van der Waals surface area (Å²) in [6.07, 6.45) is 0.270. The molecular formula is C12H15BrO4S. The van der Waals surface area contributed by atoms with Crippen LogP contribution in [0.1, 0.15) is 12.0 Å². The zero-order valence-corrected chi connectivity index (χ0v) is 12.5. The highest BCUT2D eigenvalue weighted by molar-refractivity contribution is 9.08. The van der Waals surface area contributed by atoms with Gasteiger partial charge >= 0.3 is 0 Å². The Morgan fingerprint density at radius 2 is 2.22 bits per heavy atom. The van der Waals surface area contributed by atoms with Gasteiger partial charge < -0.3 is 9.47 Å². The summed E-state index contributed by atoms with van der Waals surface area (Å²) in [5.74, 6) is 1.57. The molecule has 1 unspecified atom stereocenters. The van der Waals surface area contributed by atoms with Crippen LogP contribution in [0.2, 0.25) is 0 Å². The van der Waals surface area contributed by atoms with Crippen LogP contribution in [0.4, 0.5) is 0 Å². The average Bonchev–Trinajstić information content (AvgIpc) is 2.69. The summed E-state index contributed by atoms with van der Waals surface area (Å²) in [7, 11) is -1.36. The Morgan fingerprint density at radius 1 is 1.44 bits per heavy atom. The number of methoxy groups -OCH3 is 1. The van der Waals surface area contributed by atoms with E-state index in [2.05, 4.69) is 15.9 Å². The van der Waals surface area contributed by atoms with E-state index in [9.17, 15) is 8.42 Å². The van der Waals surface area contributed by atoms with Gasteiger partial charge in [-0.2, -0.15) is 0 Å². The van der Waals surface area contributed by atoms with E-state index >= 15 is 0 Å². The molecule has 100 valence electrons. The van der Waals surface area contributed by atoms with Crippen molar-refractivity contribution in [2.24, 2.45) is 0 Å². The van der Waals surface area contributed by atoms with Crippen molar-refractivity contribution in [3.63, 3.8) is 0 Å². The van der Waals surface area contributed by atoms with Crippen molar-refractivity contribution in [1.82, 2.24) is 0 Å². The van der Waals surface area contributed by atoms with Crippen LogP contribution >= 0.6 is 15.9 Å². The van der Waals surface area contributed by atoms with Crippen molar-refractivity contribution in [1.29, 1.82) is 0 Å². The Morgan fingerprint density at radius 3 is 2.78 bits per heavy atom. The molecule has 1 atom stereocenters. The van der Waals surface area contributed by atoms with Gasteiger partial charge in [0.1, 0.15) is 6.10 Å². The standard InChI is InChI=1S/C12H15BrO4S/c1-16-11-4-2-3-9(7-13)12(11)17-10-5-6-18(14,15)8-10/h2-4,10H,5-8H2,1H3. The minimum atomic E-state index is -2.93. The van der Waals surface area contributed by atoms with Crippen LogP contribution in [0.25, 0.3) is 0 Å². The Balaban J connectivity index is 2.23. The average molecular weight is 335 g/mol. The molecule has 1 fully saturated rings. The number of para-hydroxylation sites is 1. The van der Waals surface area contributed by atoms with Crippen molar-refractivity contribution in [2.45, 2.75) is 17.9 Å². The number of hydrogen-bond donors (Lipinski definition) is 0. The topological polar surface area (TPSA) is 52.6 Å². The molecule has 0 N–H and O–H groups in total. The second kappa shape index (κ2) is 5.48. The lowest BCUT2D eigenvalue weighted by atomic mass is 10.2. The summed E-state index contributed by atoms with van der Waals surface area (Å²) in [5.41, 5.74) is 0.957. The number of rotatable bonds is 4. The van der Waals surface area contributed by atoms with Crippen LogP contribution < -0.4 is 9.47 Å². The molecule has 0 amide bonds. The Kier molecular flexibility index (Phi) is 4.17. The molecule has 0 spiro atoms. The van der Waals surface area contributed by atoms with Crippen LogP contribution in [0.3, 0.4) is 0 Å². The highest BCUT2D eigenvalue weighted by atomic mass is 79.9. The third kappa shape index (κ3) is 2.98. The van der Waals surface area contributed by atoms with E-state index < -0.39 is 9.84 Å². The second-order valence-electron chi connectivity index (χ2n) is 4.23. The lowest BCUT2D eigenvalue weighted by molar-refractivity contribution is 0.216. The van der Waals surface area contributed by atoms with E-state index in [0.717, 1.165) is 5.56 Å². The highest BCUT2D eigenvalue weighted by Crippen LogP contribution is 2.34. The lowest BCUT2D eigenvalue weighted by Crippen LogP contribution is -2.18. The quantitative estimate of drug-likeness (QED) is 0.792. The van der Waals surface area contributed by atoms with Crippen molar-refractivity contribution < 1.29 is 17.9 Å². The number of benzene rings is 1. The minimum absolute atomic E-state index is 0.0901. The smallest absolute Gasteiger partial charge is 0.165 e. The lowest BCUT2D eigenvalue weighted by Gasteiger charge is -2.17. The molecule has 1 aliphatic rings.